The maximum absolute atomic E-state index is 12.6. The van der Waals surface area contributed by atoms with Crippen molar-refractivity contribution in [2.24, 2.45) is 5.73 Å². The van der Waals surface area contributed by atoms with Gasteiger partial charge in [-0.1, -0.05) is 51.1 Å². The van der Waals surface area contributed by atoms with E-state index in [0.29, 0.717) is 16.5 Å². The van der Waals surface area contributed by atoms with Crippen molar-refractivity contribution in [1.82, 2.24) is 9.78 Å². The van der Waals surface area contributed by atoms with Gasteiger partial charge in [-0.2, -0.15) is 5.10 Å². The molecular formula is C22H25N3O4. The number of nitrogens with two attached hydrogens (primary N) is 1. The maximum atomic E-state index is 12.6. The van der Waals surface area contributed by atoms with Crippen LogP contribution in [0, 0.1) is 0 Å². The molecule has 7 heteroatoms. The highest BCUT2D eigenvalue weighted by Crippen LogP contribution is 2.24. The Morgan fingerprint density at radius 1 is 1.14 bits per heavy atom. The summed E-state index contributed by atoms with van der Waals surface area (Å²) in [6.07, 6.45) is -0.996. The van der Waals surface area contributed by atoms with Crippen molar-refractivity contribution in [2.75, 3.05) is 6.61 Å². The number of aliphatic hydroxyl groups is 1. The lowest BCUT2D eigenvalue weighted by Gasteiger charge is -2.19. The number of nitrogens with zero attached hydrogens (tertiary/aromatic N) is 2. The number of hydrogen-bond acceptors (Lipinski definition) is 5. The highest BCUT2D eigenvalue weighted by Gasteiger charge is 2.17. The van der Waals surface area contributed by atoms with E-state index in [1.807, 2.05) is 24.3 Å². The van der Waals surface area contributed by atoms with Crippen molar-refractivity contribution in [3.05, 3.63) is 70.1 Å². The zero-order valence-corrected chi connectivity index (χ0v) is 16.8. The molecule has 3 rings (SSSR count). The molecule has 0 radical (unpaired) electrons. The Hall–Kier alpha value is -3.19. The molecule has 0 aliphatic heterocycles. The zero-order valence-electron chi connectivity index (χ0n) is 16.8. The van der Waals surface area contributed by atoms with Crippen LogP contribution in [0.25, 0.3) is 10.8 Å². The van der Waals surface area contributed by atoms with Crippen molar-refractivity contribution in [3.8, 4) is 5.75 Å². The lowest BCUT2D eigenvalue weighted by molar-refractivity contribution is 0.0871. The van der Waals surface area contributed by atoms with Gasteiger partial charge in [0.05, 0.1) is 11.9 Å². The van der Waals surface area contributed by atoms with Crippen molar-refractivity contribution in [1.29, 1.82) is 0 Å². The molecule has 7 nitrogen and oxygen atoms in total. The van der Waals surface area contributed by atoms with Crippen LogP contribution in [-0.2, 0) is 12.0 Å². The van der Waals surface area contributed by atoms with E-state index < -0.39 is 17.6 Å². The van der Waals surface area contributed by atoms with Crippen molar-refractivity contribution in [2.45, 2.75) is 38.8 Å². The largest absolute Gasteiger partial charge is 0.491 e. The molecule has 0 saturated heterocycles. The number of hydrogen-bond donors (Lipinski definition) is 2. The minimum atomic E-state index is -0.996. The Bertz CT molecular complexity index is 1080. The molecule has 1 unspecified atom stereocenters. The molecule has 0 saturated carbocycles. The van der Waals surface area contributed by atoms with E-state index in [4.69, 9.17) is 10.5 Å². The summed E-state index contributed by atoms with van der Waals surface area (Å²) in [6.45, 7) is 6.23. The molecule has 152 valence electrons. The van der Waals surface area contributed by atoms with Gasteiger partial charge in [0.2, 0.25) is 0 Å². The summed E-state index contributed by atoms with van der Waals surface area (Å²) >= 11 is 0. The van der Waals surface area contributed by atoms with Gasteiger partial charge in [0.25, 0.3) is 11.5 Å². The number of carbonyl (C=O) groups is 1. The van der Waals surface area contributed by atoms with Crippen LogP contribution in [-0.4, -0.2) is 33.5 Å². The van der Waals surface area contributed by atoms with E-state index >= 15 is 0 Å². The predicted octanol–water partition coefficient (Wildman–Crippen LogP) is 2.23. The molecule has 1 heterocycles. The highest BCUT2D eigenvalue weighted by atomic mass is 16.5. The number of aromatic nitrogens is 2. The Kier molecular flexibility index (Phi) is 5.70. The second kappa shape index (κ2) is 8.05. The van der Waals surface area contributed by atoms with E-state index in [1.54, 1.807) is 24.3 Å². The Morgan fingerprint density at radius 3 is 2.34 bits per heavy atom. The fraction of sp³-hybridized carbons (Fsp3) is 0.318. The van der Waals surface area contributed by atoms with E-state index in [9.17, 15) is 14.7 Å². The molecule has 2 aromatic carbocycles. The quantitative estimate of drug-likeness (QED) is 0.665. The molecule has 0 aliphatic rings. The summed E-state index contributed by atoms with van der Waals surface area (Å²) in [7, 11) is 0. The van der Waals surface area contributed by atoms with Crippen LogP contribution < -0.4 is 16.0 Å². The topological polar surface area (TPSA) is 107 Å². The Morgan fingerprint density at radius 2 is 1.76 bits per heavy atom. The summed E-state index contributed by atoms with van der Waals surface area (Å²) in [6, 6.07) is 14.3. The number of benzene rings is 2. The standard InChI is InChI=1S/C22H25N3O4/c1-22(2,3)14-8-10-16(11-9-14)29-13-15(26)12-25-21(28)18-7-5-4-6-17(18)19(24-25)20(23)27/h4-11,15,26H,12-13H2,1-3H3,(H2,23,27). The first-order valence-electron chi connectivity index (χ1n) is 9.38. The van der Waals surface area contributed by atoms with E-state index in [-0.39, 0.29) is 24.3 Å². The number of fused-ring (bicyclic) bond motifs is 1. The van der Waals surface area contributed by atoms with Crippen LogP contribution in [0.4, 0.5) is 0 Å². The minimum Gasteiger partial charge on any atom is -0.491 e. The normalized spacial score (nSPS) is 12.7. The highest BCUT2D eigenvalue weighted by molar-refractivity contribution is 6.03. The average molecular weight is 395 g/mol. The van der Waals surface area contributed by atoms with Crippen molar-refractivity contribution < 1.29 is 14.6 Å². The Balaban J connectivity index is 1.75. The molecule has 0 fully saturated rings. The van der Waals surface area contributed by atoms with Gasteiger partial charge < -0.3 is 15.6 Å². The van der Waals surface area contributed by atoms with Gasteiger partial charge in [-0.05, 0) is 29.2 Å². The van der Waals surface area contributed by atoms with E-state index in [2.05, 4.69) is 25.9 Å². The van der Waals surface area contributed by atoms with Gasteiger partial charge >= 0.3 is 0 Å². The fourth-order valence-electron chi connectivity index (χ4n) is 3.04. The van der Waals surface area contributed by atoms with Gasteiger partial charge in [0, 0.05) is 5.39 Å². The molecule has 0 bridgehead atoms. The molecule has 3 N–H and O–H groups in total. The summed E-state index contributed by atoms with van der Waals surface area (Å²) in [5.41, 5.74) is 6.21. The molecule has 29 heavy (non-hydrogen) atoms. The van der Waals surface area contributed by atoms with Gasteiger partial charge in [-0.25, -0.2) is 4.68 Å². The summed E-state index contributed by atoms with van der Waals surface area (Å²) in [5, 5.41) is 15.1. The first-order valence-corrected chi connectivity index (χ1v) is 9.38. The molecule has 0 aliphatic carbocycles. The average Bonchev–Trinajstić information content (AvgIpc) is 2.68. The second-order valence-electron chi connectivity index (χ2n) is 7.98. The summed E-state index contributed by atoms with van der Waals surface area (Å²) < 4.78 is 6.68. The predicted molar refractivity (Wildman–Crippen MR) is 111 cm³/mol. The summed E-state index contributed by atoms with van der Waals surface area (Å²) in [5.74, 6) is -0.117. The van der Waals surface area contributed by atoms with Crippen LogP contribution in [0.2, 0.25) is 0 Å². The first-order chi connectivity index (χ1) is 13.7. The SMILES string of the molecule is CC(C)(C)c1ccc(OCC(O)Cn2nc(C(N)=O)c3ccccc3c2=O)cc1. The molecule has 1 amide bonds. The lowest BCUT2D eigenvalue weighted by atomic mass is 9.87. The Labute approximate surface area is 168 Å². The van der Waals surface area contributed by atoms with E-state index in [1.165, 1.54) is 5.56 Å². The lowest BCUT2D eigenvalue weighted by Crippen LogP contribution is -2.34. The maximum Gasteiger partial charge on any atom is 0.274 e. The molecule has 1 atom stereocenters. The smallest absolute Gasteiger partial charge is 0.274 e. The van der Waals surface area contributed by atoms with Gasteiger partial charge in [0.15, 0.2) is 5.69 Å². The van der Waals surface area contributed by atoms with Crippen LogP contribution in [0.5, 0.6) is 5.75 Å². The van der Waals surface area contributed by atoms with Crippen LogP contribution >= 0.6 is 0 Å². The summed E-state index contributed by atoms with van der Waals surface area (Å²) in [4.78, 5) is 24.4. The molecular weight excluding hydrogens is 370 g/mol. The van der Waals surface area contributed by atoms with Crippen molar-refractivity contribution >= 4 is 16.7 Å². The van der Waals surface area contributed by atoms with Gasteiger partial charge in [-0.15, -0.1) is 0 Å². The number of primary amides is 1. The van der Waals surface area contributed by atoms with Crippen molar-refractivity contribution in [3.63, 3.8) is 0 Å². The number of rotatable bonds is 6. The second-order valence-corrected chi connectivity index (χ2v) is 7.98. The third-order valence-electron chi connectivity index (χ3n) is 4.65. The third kappa shape index (κ3) is 4.63. The number of carbonyl (C=O) groups excluding carboxylic acids is 1. The van der Waals surface area contributed by atoms with Crippen LogP contribution in [0.3, 0.4) is 0 Å². The fourth-order valence-corrected chi connectivity index (χ4v) is 3.04. The number of ether oxygens (including phenoxy) is 1. The van der Waals surface area contributed by atoms with Crippen LogP contribution in [0.15, 0.2) is 53.3 Å². The van der Waals surface area contributed by atoms with Gasteiger partial charge in [-0.3, -0.25) is 9.59 Å². The van der Waals surface area contributed by atoms with Crippen LogP contribution in [0.1, 0.15) is 36.8 Å². The third-order valence-corrected chi connectivity index (χ3v) is 4.65. The van der Waals surface area contributed by atoms with E-state index in [0.717, 1.165) is 4.68 Å². The number of aliphatic hydroxyl groups excluding tert-OH is 1. The first kappa shape index (κ1) is 20.5. The molecule has 0 spiro atoms. The zero-order chi connectivity index (χ0) is 21.2. The molecule has 1 aromatic heterocycles. The monoisotopic (exact) mass is 395 g/mol. The number of amides is 1. The minimum absolute atomic E-state index is 0.00825. The molecule has 3 aromatic rings. The van der Waals surface area contributed by atoms with Gasteiger partial charge in [0.1, 0.15) is 18.5 Å².